The van der Waals surface area contributed by atoms with Gasteiger partial charge in [0.2, 0.25) is 15.9 Å². The van der Waals surface area contributed by atoms with Gasteiger partial charge < -0.3 is 9.80 Å². The fourth-order valence-corrected chi connectivity index (χ4v) is 7.00. The first-order chi connectivity index (χ1) is 17.8. The van der Waals surface area contributed by atoms with E-state index in [1.807, 2.05) is 11.0 Å². The van der Waals surface area contributed by atoms with Crippen molar-refractivity contribution in [1.82, 2.24) is 14.6 Å². The average Bonchev–Trinajstić information content (AvgIpc) is 3.55. The summed E-state index contributed by atoms with van der Waals surface area (Å²) in [6.45, 7) is 2.92. The van der Waals surface area contributed by atoms with Crippen molar-refractivity contribution >= 4 is 61.5 Å². The lowest BCUT2D eigenvalue weighted by Crippen LogP contribution is -2.42. The minimum absolute atomic E-state index is 0.0583. The standard InChI is InChI=1S/C26H28ClFN4O3S2/c27-25-4-2-21(36-25)9-14-37(34,35)30-16-18-6-11-32(17-18)26(33)19-7-12-31(13-8-19)24-5-10-29-23-3-1-20(28)15-22(23)24/h1-5,9-10,14-15,18-19,30H,6-8,11-13,16-17H2/t18-/m1/s1. The summed E-state index contributed by atoms with van der Waals surface area (Å²) in [6, 6.07) is 10.0. The number of piperidine rings is 1. The van der Waals surface area contributed by atoms with Gasteiger partial charge in [-0.05, 0) is 67.7 Å². The summed E-state index contributed by atoms with van der Waals surface area (Å²) >= 11 is 7.19. The summed E-state index contributed by atoms with van der Waals surface area (Å²) in [5.41, 5.74) is 1.70. The van der Waals surface area contributed by atoms with Crippen molar-refractivity contribution in [2.24, 2.45) is 11.8 Å². The number of hydrogen-bond donors (Lipinski definition) is 1. The van der Waals surface area contributed by atoms with Crippen LogP contribution in [0, 0.1) is 17.7 Å². The molecule has 2 aliphatic heterocycles. The number of carbonyl (C=O) groups excluding carboxylic acids is 1. The maximum absolute atomic E-state index is 13.8. The number of halogens is 2. The molecule has 0 radical (unpaired) electrons. The Morgan fingerprint density at radius 2 is 1.97 bits per heavy atom. The normalized spacial score (nSPS) is 19.4. The molecule has 37 heavy (non-hydrogen) atoms. The molecule has 0 bridgehead atoms. The molecule has 2 fully saturated rings. The third-order valence-electron chi connectivity index (χ3n) is 7.04. The second-order valence-corrected chi connectivity index (χ2v) is 12.9. The molecule has 7 nitrogen and oxygen atoms in total. The maximum Gasteiger partial charge on any atom is 0.233 e. The molecule has 0 spiro atoms. The number of anilines is 1. The van der Waals surface area contributed by atoms with Crippen LogP contribution in [0.25, 0.3) is 17.0 Å². The molecule has 2 aliphatic rings. The number of carbonyl (C=O) groups is 1. The summed E-state index contributed by atoms with van der Waals surface area (Å²) in [7, 11) is -3.57. The largest absolute Gasteiger partial charge is 0.371 e. The highest BCUT2D eigenvalue weighted by Gasteiger charge is 2.33. The third kappa shape index (κ3) is 6.31. The van der Waals surface area contributed by atoms with Gasteiger partial charge in [0.15, 0.2) is 0 Å². The molecule has 5 rings (SSSR count). The number of nitrogens with zero attached hydrogens (tertiary/aromatic N) is 3. The van der Waals surface area contributed by atoms with E-state index in [2.05, 4.69) is 14.6 Å². The molecule has 196 valence electrons. The highest BCUT2D eigenvalue weighted by atomic mass is 35.5. The van der Waals surface area contributed by atoms with Crippen LogP contribution in [0.3, 0.4) is 0 Å². The van der Waals surface area contributed by atoms with Crippen LogP contribution >= 0.6 is 22.9 Å². The number of pyridine rings is 1. The lowest BCUT2D eigenvalue weighted by molar-refractivity contribution is -0.135. The Labute approximate surface area is 225 Å². The lowest BCUT2D eigenvalue weighted by atomic mass is 9.94. The highest BCUT2D eigenvalue weighted by molar-refractivity contribution is 7.92. The van der Waals surface area contributed by atoms with Gasteiger partial charge in [0, 0.05) is 66.2 Å². The summed E-state index contributed by atoms with van der Waals surface area (Å²) in [6.07, 6.45) is 5.48. The summed E-state index contributed by atoms with van der Waals surface area (Å²) in [4.78, 5) is 22.4. The third-order valence-corrected chi connectivity index (χ3v) is 9.30. The van der Waals surface area contributed by atoms with Crippen LogP contribution in [-0.4, -0.2) is 56.9 Å². The van der Waals surface area contributed by atoms with Gasteiger partial charge in [-0.15, -0.1) is 11.3 Å². The molecule has 0 unspecified atom stereocenters. The number of aromatic nitrogens is 1. The van der Waals surface area contributed by atoms with E-state index in [9.17, 15) is 17.6 Å². The van der Waals surface area contributed by atoms with Gasteiger partial charge in [-0.1, -0.05) is 11.6 Å². The van der Waals surface area contributed by atoms with Gasteiger partial charge in [0.25, 0.3) is 0 Å². The Morgan fingerprint density at radius 1 is 1.16 bits per heavy atom. The zero-order chi connectivity index (χ0) is 26.0. The molecular formula is C26H28ClFN4O3S2. The van der Waals surface area contributed by atoms with Crippen LogP contribution in [0.4, 0.5) is 10.1 Å². The van der Waals surface area contributed by atoms with Crippen molar-refractivity contribution in [3.8, 4) is 0 Å². The fourth-order valence-electron chi connectivity index (χ4n) is 5.06. The predicted octanol–water partition coefficient (Wildman–Crippen LogP) is 4.74. The zero-order valence-electron chi connectivity index (χ0n) is 20.1. The van der Waals surface area contributed by atoms with Crippen LogP contribution in [0.2, 0.25) is 4.34 Å². The molecule has 1 aromatic carbocycles. The Morgan fingerprint density at radius 3 is 2.73 bits per heavy atom. The summed E-state index contributed by atoms with van der Waals surface area (Å²) < 4.78 is 41.8. The first kappa shape index (κ1) is 26.1. The summed E-state index contributed by atoms with van der Waals surface area (Å²) in [5, 5.41) is 1.94. The molecule has 1 amide bonds. The number of likely N-dealkylation sites (tertiary alicyclic amines) is 1. The van der Waals surface area contributed by atoms with Crippen LogP contribution in [-0.2, 0) is 14.8 Å². The van der Waals surface area contributed by atoms with Crippen molar-refractivity contribution < 1.29 is 17.6 Å². The van der Waals surface area contributed by atoms with Crippen LogP contribution in [0.1, 0.15) is 24.1 Å². The van der Waals surface area contributed by atoms with Crippen molar-refractivity contribution in [1.29, 1.82) is 0 Å². The van der Waals surface area contributed by atoms with E-state index >= 15 is 0 Å². The number of benzene rings is 1. The average molecular weight is 563 g/mol. The smallest absolute Gasteiger partial charge is 0.233 e. The minimum atomic E-state index is -3.57. The van der Waals surface area contributed by atoms with Gasteiger partial charge in [-0.2, -0.15) is 0 Å². The van der Waals surface area contributed by atoms with Crippen molar-refractivity contribution in [3.05, 3.63) is 63.0 Å². The molecule has 4 heterocycles. The number of fused-ring (bicyclic) bond motifs is 1. The number of rotatable bonds is 7. The quantitative estimate of drug-likeness (QED) is 0.449. The Kier molecular flexibility index (Phi) is 7.80. The van der Waals surface area contributed by atoms with E-state index in [1.54, 1.807) is 24.4 Å². The number of nitrogens with one attached hydrogen (secondary N) is 1. The van der Waals surface area contributed by atoms with Gasteiger partial charge >= 0.3 is 0 Å². The van der Waals surface area contributed by atoms with E-state index in [-0.39, 0.29) is 23.6 Å². The Balaban J connectivity index is 1.11. The number of sulfonamides is 1. The molecule has 11 heteroatoms. The predicted molar refractivity (Wildman–Crippen MR) is 147 cm³/mol. The molecule has 3 aromatic rings. The maximum atomic E-state index is 13.8. The minimum Gasteiger partial charge on any atom is -0.371 e. The van der Waals surface area contributed by atoms with E-state index in [0.717, 1.165) is 46.1 Å². The first-order valence-electron chi connectivity index (χ1n) is 12.3. The van der Waals surface area contributed by atoms with Gasteiger partial charge in [0.1, 0.15) is 5.82 Å². The Bertz CT molecular complexity index is 1420. The van der Waals surface area contributed by atoms with Crippen molar-refractivity contribution in [2.75, 3.05) is 37.6 Å². The molecule has 2 saturated heterocycles. The van der Waals surface area contributed by atoms with E-state index < -0.39 is 10.0 Å². The van der Waals surface area contributed by atoms with E-state index in [4.69, 9.17) is 11.6 Å². The number of hydrogen-bond acceptors (Lipinski definition) is 6. The molecule has 2 aromatic heterocycles. The molecule has 0 aliphatic carbocycles. The van der Waals surface area contributed by atoms with Crippen LogP contribution in [0.15, 0.2) is 48.0 Å². The van der Waals surface area contributed by atoms with Gasteiger partial charge in [-0.3, -0.25) is 9.78 Å². The monoisotopic (exact) mass is 562 g/mol. The van der Waals surface area contributed by atoms with Gasteiger partial charge in [0.05, 0.1) is 9.85 Å². The molecule has 1 atom stereocenters. The lowest BCUT2D eigenvalue weighted by Gasteiger charge is -2.35. The van der Waals surface area contributed by atoms with Gasteiger partial charge in [-0.25, -0.2) is 17.5 Å². The number of amides is 1. The highest BCUT2D eigenvalue weighted by Crippen LogP contribution is 2.31. The van der Waals surface area contributed by atoms with E-state index in [1.165, 1.54) is 29.5 Å². The first-order valence-corrected chi connectivity index (χ1v) is 15.0. The van der Waals surface area contributed by atoms with Crippen LogP contribution < -0.4 is 9.62 Å². The topological polar surface area (TPSA) is 82.6 Å². The molecule has 1 N–H and O–H groups in total. The molecular weight excluding hydrogens is 535 g/mol. The molecule has 0 saturated carbocycles. The summed E-state index contributed by atoms with van der Waals surface area (Å²) in [5.74, 6) is -0.121. The second kappa shape index (κ2) is 11.1. The van der Waals surface area contributed by atoms with E-state index in [0.29, 0.717) is 37.1 Å². The number of thiophene rings is 1. The zero-order valence-corrected chi connectivity index (χ0v) is 22.5. The van der Waals surface area contributed by atoms with Crippen molar-refractivity contribution in [3.63, 3.8) is 0 Å². The van der Waals surface area contributed by atoms with Crippen LogP contribution in [0.5, 0.6) is 0 Å². The Hall–Kier alpha value is -2.53. The second-order valence-electron chi connectivity index (χ2n) is 9.53. The SMILES string of the molecule is O=C(C1CCN(c2ccnc3ccc(F)cc23)CC1)N1CC[C@H](CNS(=O)(=O)C=Cc2ccc(Cl)s2)C1. The fraction of sp³-hybridized carbons (Fsp3) is 0.385. The van der Waals surface area contributed by atoms with Crippen molar-refractivity contribution in [2.45, 2.75) is 19.3 Å².